The van der Waals surface area contributed by atoms with Gasteiger partial charge in [0.05, 0.1) is 5.92 Å². The van der Waals surface area contributed by atoms with Crippen molar-refractivity contribution in [2.45, 2.75) is 26.2 Å². The molecule has 9 heavy (non-hydrogen) atoms. The normalized spacial score (nSPS) is 28.8. The highest BCUT2D eigenvalue weighted by molar-refractivity contribution is 6.02. The molecule has 0 aromatic carbocycles. The molecule has 0 bridgehead atoms. The molecule has 1 N–H and O–H groups in total. The quantitative estimate of drug-likeness (QED) is 0.352. The third-order valence-electron chi connectivity index (χ3n) is 1.80. The third kappa shape index (κ3) is 1.37. The fraction of sp³-hybridized carbons (Fsp3) is 0.714. The predicted molar refractivity (Wildman–Crippen MR) is 35.0 cm³/mol. The maximum Gasteiger partial charge on any atom is 0.303 e. The Labute approximate surface area is 54.2 Å². The van der Waals surface area contributed by atoms with Gasteiger partial charge in [-0.15, -0.1) is 0 Å². The van der Waals surface area contributed by atoms with E-state index in [1.807, 2.05) is 6.92 Å². The number of rotatable bonds is 0. The summed E-state index contributed by atoms with van der Waals surface area (Å²) in [6.07, 6.45) is 1.76. The van der Waals surface area contributed by atoms with Gasteiger partial charge in [0.15, 0.2) is 0 Å². The summed E-state index contributed by atoms with van der Waals surface area (Å²) < 4.78 is 0. The molecular weight excluding hydrogens is 116 g/mol. The molecule has 0 spiro atoms. The molecule has 50 valence electrons. The second kappa shape index (κ2) is 2.29. The maximum absolute atomic E-state index is 10.6. The molecule has 0 heterocycles. The fourth-order valence-corrected chi connectivity index (χ4v) is 1.01. The third-order valence-corrected chi connectivity index (χ3v) is 1.80. The van der Waals surface area contributed by atoms with E-state index in [0.717, 1.165) is 6.42 Å². The van der Waals surface area contributed by atoms with E-state index in [-0.39, 0.29) is 11.7 Å². The largest absolute Gasteiger partial charge is 0.303 e. The van der Waals surface area contributed by atoms with Gasteiger partial charge in [0.2, 0.25) is 0 Å². The van der Waals surface area contributed by atoms with Gasteiger partial charge < -0.3 is 0 Å². The van der Waals surface area contributed by atoms with Gasteiger partial charge in [-0.1, -0.05) is 6.92 Å². The van der Waals surface area contributed by atoms with E-state index in [2.05, 4.69) is 0 Å². The van der Waals surface area contributed by atoms with Gasteiger partial charge in [0, 0.05) is 6.42 Å². The zero-order valence-electron chi connectivity index (χ0n) is 5.55. The van der Waals surface area contributed by atoms with Crippen LogP contribution in [-0.4, -0.2) is 16.4 Å². The van der Waals surface area contributed by atoms with Gasteiger partial charge in [-0.3, -0.25) is 9.59 Å². The van der Waals surface area contributed by atoms with Crippen LogP contribution in [0.3, 0.4) is 0 Å². The number of ketones is 2. The minimum absolute atomic E-state index is 0.172. The number of carbonyl (C=O) groups is 1. The summed E-state index contributed by atoms with van der Waals surface area (Å²) in [6, 6.07) is 0. The molecule has 2 heteroatoms. The van der Waals surface area contributed by atoms with Crippen LogP contribution in [0.25, 0.3) is 0 Å². The van der Waals surface area contributed by atoms with Crippen molar-refractivity contribution in [1.29, 1.82) is 0 Å². The molecule has 1 fully saturated rings. The van der Waals surface area contributed by atoms with Crippen molar-refractivity contribution < 1.29 is 9.59 Å². The van der Waals surface area contributed by atoms with Crippen molar-refractivity contribution >= 4 is 11.6 Å². The molecule has 1 atom stereocenters. The average molecular weight is 127 g/mol. The predicted octanol–water partition coefficient (Wildman–Crippen LogP) is 0.920. The van der Waals surface area contributed by atoms with Crippen LogP contribution in [-0.2, 0) is 4.79 Å². The minimum Gasteiger partial charge on any atom is -0.299 e. The molecule has 0 saturated heterocycles. The smallest absolute Gasteiger partial charge is 0.299 e. The summed E-state index contributed by atoms with van der Waals surface area (Å²) in [6.45, 7) is 1.95. The molecule has 0 aromatic heterocycles. The molecule has 0 radical (unpaired) electrons. The van der Waals surface area contributed by atoms with Gasteiger partial charge >= 0.3 is 5.78 Å². The van der Waals surface area contributed by atoms with E-state index < -0.39 is 0 Å². The summed E-state index contributed by atoms with van der Waals surface area (Å²) >= 11 is 0. The molecular formula is C7H11O2+. The molecule has 0 aliphatic heterocycles. The number of hydrogen-bond acceptors (Lipinski definition) is 1. The highest BCUT2D eigenvalue weighted by Crippen LogP contribution is 2.16. The van der Waals surface area contributed by atoms with E-state index in [1.54, 1.807) is 0 Å². The lowest BCUT2D eigenvalue weighted by Crippen LogP contribution is -2.22. The van der Waals surface area contributed by atoms with Gasteiger partial charge in [-0.25, -0.2) is 0 Å². The van der Waals surface area contributed by atoms with Crippen molar-refractivity contribution in [3.05, 3.63) is 0 Å². The molecule has 1 aliphatic rings. The van der Waals surface area contributed by atoms with Crippen LogP contribution in [0.15, 0.2) is 0 Å². The SMILES string of the molecule is CC1CCC(=O)CC1=[OH+]. The Morgan fingerprint density at radius 1 is 1.67 bits per heavy atom. The van der Waals surface area contributed by atoms with Crippen molar-refractivity contribution in [3.8, 4) is 0 Å². The summed E-state index contributed by atoms with van der Waals surface area (Å²) in [5, 5.41) is 0. The lowest BCUT2D eigenvalue weighted by atomic mass is 9.89. The van der Waals surface area contributed by atoms with Crippen LogP contribution in [0.2, 0.25) is 0 Å². The lowest BCUT2D eigenvalue weighted by Gasteiger charge is -2.09. The van der Waals surface area contributed by atoms with Crippen molar-refractivity contribution in [2.75, 3.05) is 0 Å². The first-order valence-electron chi connectivity index (χ1n) is 3.26. The van der Waals surface area contributed by atoms with Crippen LogP contribution >= 0.6 is 0 Å². The molecule has 1 aliphatic carbocycles. The topological polar surface area (TPSA) is 38.5 Å². The Hall–Kier alpha value is -0.660. The first-order valence-corrected chi connectivity index (χ1v) is 3.26. The number of carbonyl (C=O) groups excluding carboxylic acids is 2. The van der Waals surface area contributed by atoms with Crippen LogP contribution in [0.5, 0.6) is 0 Å². The van der Waals surface area contributed by atoms with Crippen molar-refractivity contribution in [3.63, 3.8) is 0 Å². The summed E-state index contributed by atoms with van der Waals surface area (Å²) in [4.78, 5) is 19.7. The van der Waals surface area contributed by atoms with Gasteiger partial charge in [0.25, 0.3) is 0 Å². The van der Waals surface area contributed by atoms with Gasteiger partial charge in [-0.05, 0) is 6.42 Å². The summed E-state index contributed by atoms with van der Waals surface area (Å²) in [5.74, 6) is 0.777. The van der Waals surface area contributed by atoms with Crippen molar-refractivity contribution in [1.82, 2.24) is 0 Å². The molecule has 0 amide bonds. The molecule has 1 unspecified atom stereocenters. The van der Waals surface area contributed by atoms with E-state index in [9.17, 15) is 4.79 Å². The Bertz CT molecular complexity index is 149. The maximum atomic E-state index is 10.6. The summed E-state index contributed by atoms with van der Waals surface area (Å²) in [7, 11) is 0. The Morgan fingerprint density at radius 2 is 2.33 bits per heavy atom. The molecule has 0 aromatic rings. The fourth-order valence-electron chi connectivity index (χ4n) is 1.01. The summed E-state index contributed by atoms with van der Waals surface area (Å²) in [5.41, 5.74) is 0. The van der Waals surface area contributed by atoms with E-state index in [0.29, 0.717) is 18.6 Å². The van der Waals surface area contributed by atoms with Crippen LogP contribution in [0.4, 0.5) is 0 Å². The van der Waals surface area contributed by atoms with E-state index in [4.69, 9.17) is 4.79 Å². The molecule has 2 nitrogen and oxygen atoms in total. The van der Waals surface area contributed by atoms with E-state index in [1.165, 1.54) is 0 Å². The highest BCUT2D eigenvalue weighted by Gasteiger charge is 2.27. The standard InChI is InChI=1S/C7H10O2/c1-5-2-3-6(8)4-7(5)9/h5H,2-4H2,1H3/p+1. The second-order valence-corrected chi connectivity index (χ2v) is 2.65. The zero-order valence-corrected chi connectivity index (χ0v) is 5.55. The number of hydrogen-bond donors (Lipinski definition) is 0. The zero-order chi connectivity index (χ0) is 6.85. The average Bonchev–Trinajstić information content (AvgIpc) is 1.80. The lowest BCUT2D eigenvalue weighted by molar-refractivity contribution is -0.118. The second-order valence-electron chi connectivity index (χ2n) is 2.65. The van der Waals surface area contributed by atoms with Crippen LogP contribution < -0.4 is 0 Å². The highest BCUT2D eigenvalue weighted by atomic mass is 16.1. The van der Waals surface area contributed by atoms with Crippen molar-refractivity contribution in [2.24, 2.45) is 5.92 Å². The first kappa shape index (κ1) is 6.46. The first-order chi connectivity index (χ1) is 4.20. The number of Topliss-reactive ketones (excluding diaryl/α,β-unsaturated/α-hetero) is 1. The minimum atomic E-state index is 0.172. The van der Waals surface area contributed by atoms with Gasteiger partial charge in [0.1, 0.15) is 12.2 Å². The Balaban J connectivity index is 2.54. The van der Waals surface area contributed by atoms with Crippen LogP contribution in [0, 0.1) is 5.92 Å². The van der Waals surface area contributed by atoms with Gasteiger partial charge in [-0.2, -0.15) is 0 Å². The molecule has 1 saturated carbocycles. The Kier molecular flexibility index (Phi) is 1.65. The monoisotopic (exact) mass is 127 g/mol. The van der Waals surface area contributed by atoms with Crippen LogP contribution in [0.1, 0.15) is 26.2 Å². The molecule has 1 rings (SSSR count). The van der Waals surface area contributed by atoms with E-state index >= 15 is 0 Å². The Morgan fingerprint density at radius 3 is 2.78 bits per heavy atom.